The first-order valence-electron chi connectivity index (χ1n) is 8.12. The third-order valence-corrected chi connectivity index (χ3v) is 5.28. The molecule has 0 aliphatic carbocycles. The molecule has 1 aromatic rings. The number of hydrogen-bond donors (Lipinski definition) is 0. The van der Waals surface area contributed by atoms with Crippen LogP contribution in [-0.4, -0.2) is 79.1 Å². The van der Waals surface area contributed by atoms with E-state index in [-0.39, 0.29) is 12.0 Å². The van der Waals surface area contributed by atoms with Gasteiger partial charge in [0.15, 0.2) is 0 Å². The molecule has 0 unspecified atom stereocenters. The van der Waals surface area contributed by atoms with Gasteiger partial charge in [-0.25, -0.2) is 0 Å². The van der Waals surface area contributed by atoms with E-state index in [1.807, 2.05) is 4.90 Å². The number of carbonyl (C=O) groups is 1. The summed E-state index contributed by atoms with van der Waals surface area (Å²) in [6.07, 6.45) is -0.291. The van der Waals surface area contributed by atoms with Crippen molar-refractivity contribution in [3.05, 3.63) is 22.4 Å². The number of ether oxygens (including phenoxy) is 1. The lowest BCUT2D eigenvalue weighted by Gasteiger charge is -2.38. The van der Waals surface area contributed by atoms with Gasteiger partial charge in [-0.05, 0) is 28.9 Å². The Bertz CT molecular complexity index is 472. The Balaban J connectivity index is 1.52. The van der Waals surface area contributed by atoms with Crippen LogP contribution in [0.5, 0.6) is 0 Å². The van der Waals surface area contributed by atoms with Crippen LogP contribution in [0.4, 0.5) is 0 Å². The summed E-state index contributed by atoms with van der Waals surface area (Å²) in [7, 11) is 0. The lowest BCUT2D eigenvalue weighted by molar-refractivity contribution is -0.151. The maximum absolute atomic E-state index is 12.7. The molecule has 0 bridgehead atoms. The molecule has 2 aliphatic rings. The SMILES string of the molecule is CCN1CCN(C(=O)[C@H]2CN(Cc3ccsc3)CCO2)CC1. The molecule has 3 rings (SSSR count). The van der Waals surface area contributed by atoms with E-state index in [1.165, 1.54) is 5.56 Å². The van der Waals surface area contributed by atoms with Crippen molar-refractivity contribution in [1.29, 1.82) is 0 Å². The number of nitrogens with zero attached hydrogens (tertiary/aromatic N) is 3. The van der Waals surface area contributed by atoms with Gasteiger partial charge < -0.3 is 14.5 Å². The first-order chi connectivity index (χ1) is 10.8. The van der Waals surface area contributed by atoms with Crippen LogP contribution in [0.1, 0.15) is 12.5 Å². The number of likely N-dealkylation sites (N-methyl/N-ethyl adjacent to an activating group) is 1. The molecule has 0 radical (unpaired) electrons. The smallest absolute Gasteiger partial charge is 0.253 e. The molecule has 0 spiro atoms. The summed E-state index contributed by atoms with van der Waals surface area (Å²) in [6.45, 7) is 10.0. The van der Waals surface area contributed by atoms with Crippen LogP contribution in [0.2, 0.25) is 0 Å². The molecule has 1 aromatic heterocycles. The van der Waals surface area contributed by atoms with Gasteiger partial charge in [-0.2, -0.15) is 11.3 Å². The summed E-state index contributed by atoms with van der Waals surface area (Å²) in [4.78, 5) is 19.3. The van der Waals surface area contributed by atoms with Crippen molar-refractivity contribution < 1.29 is 9.53 Å². The van der Waals surface area contributed by atoms with Gasteiger partial charge in [0.25, 0.3) is 5.91 Å². The molecule has 3 heterocycles. The molecule has 1 atom stereocenters. The summed E-state index contributed by atoms with van der Waals surface area (Å²) >= 11 is 1.72. The van der Waals surface area contributed by atoms with Crippen molar-refractivity contribution in [2.45, 2.75) is 19.6 Å². The standard InChI is InChI=1S/C16H25N3O2S/c1-2-17-4-6-19(7-5-17)16(20)15-12-18(8-9-21-15)11-14-3-10-22-13-14/h3,10,13,15H,2,4-9,11-12H2,1H3/t15-/m1/s1. The Hall–Kier alpha value is -0.950. The molecule has 2 aliphatic heterocycles. The Morgan fingerprint density at radius 1 is 1.27 bits per heavy atom. The van der Waals surface area contributed by atoms with Gasteiger partial charge in [-0.15, -0.1) is 0 Å². The van der Waals surface area contributed by atoms with Crippen LogP contribution >= 0.6 is 11.3 Å². The third kappa shape index (κ3) is 3.87. The van der Waals surface area contributed by atoms with Gasteiger partial charge in [0.05, 0.1) is 6.61 Å². The largest absolute Gasteiger partial charge is 0.366 e. The first-order valence-corrected chi connectivity index (χ1v) is 9.06. The predicted molar refractivity (Wildman–Crippen MR) is 88.0 cm³/mol. The first kappa shape index (κ1) is 15.9. The molecule has 1 amide bonds. The van der Waals surface area contributed by atoms with Gasteiger partial charge in [-0.1, -0.05) is 6.92 Å². The second kappa shape index (κ2) is 7.55. The lowest BCUT2D eigenvalue weighted by Crippen LogP contribution is -2.55. The number of rotatable bonds is 4. The summed E-state index contributed by atoms with van der Waals surface area (Å²) in [5.41, 5.74) is 1.33. The van der Waals surface area contributed by atoms with E-state index in [0.717, 1.165) is 45.8 Å². The summed E-state index contributed by atoms with van der Waals surface area (Å²) < 4.78 is 5.75. The van der Waals surface area contributed by atoms with E-state index in [1.54, 1.807) is 11.3 Å². The van der Waals surface area contributed by atoms with Crippen molar-refractivity contribution in [2.75, 3.05) is 52.4 Å². The second-order valence-corrected chi connectivity index (χ2v) is 6.77. The van der Waals surface area contributed by atoms with Crippen molar-refractivity contribution in [3.8, 4) is 0 Å². The van der Waals surface area contributed by atoms with E-state index in [4.69, 9.17) is 4.74 Å². The van der Waals surface area contributed by atoms with E-state index < -0.39 is 0 Å². The Kier molecular flexibility index (Phi) is 5.46. The fourth-order valence-electron chi connectivity index (χ4n) is 3.12. The number of carbonyl (C=O) groups excluding carboxylic acids is 1. The van der Waals surface area contributed by atoms with Crippen LogP contribution in [0, 0.1) is 0 Å². The van der Waals surface area contributed by atoms with Crippen LogP contribution in [0.15, 0.2) is 16.8 Å². The van der Waals surface area contributed by atoms with Crippen molar-refractivity contribution in [3.63, 3.8) is 0 Å². The maximum atomic E-state index is 12.7. The number of amides is 1. The quantitative estimate of drug-likeness (QED) is 0.832. The highest BCUT2D eigenvalue weighted by atomic mass is 32.1. The Morgan fingerprint density at radius 3 is 2.77 bits per heavy atom. The minimum Gasteiger partial charge on any atom is -0.366 e. The predicted octanol–water partition coefficient (Wildman–Crippen LogP) is 1.11. The average Bonchev–Trinajstić information content (AvgIpc) is 3.07. The van der Waals surface area contributed by atoms with Gasteiger partial charge >= 0.3 is 0 Å². The van der Waals surface area contributed by atoms with Crippen LogP contribution in [-0.2, 0) is 16.1 Å². The topological polar surface area (TPSA) is 36.0 Å². The molecular weight excluding hydrogens is 298 g/mol. The van der Waals surface area contributed by atoms with Crippen molar-refractivity contribution in [2.24, 2.45) is 0 Å². The van der Waals surface area contributed by atoms with E-state index in [2.05, 4.69) is 33.6 Å². The zero-order valence-corrected chi connectivity index (χ0v) is 14.1. The van der Waals surface area contributed by atoms with E-state index in [0.29, 0.717) is 13.2 Å². The van der Waals surface area contributed by atoms with Crippen LogP contribution < -0.4 is 0 Å². The summed E-state index contributed by atoms with van der Waals surface area (Å²) in [6, 6.07) is 2.15. The van der Waals surface area contributed by atoms with E-state index in [9.17, 15) is 4.79 Å². The number of piperazine rings is 1. The molecule has 0 aromatic carbocycles. The molecule has 2 fully saturated rings. The van der Waals surface area contributed by atoms with Gasteiger partial charge in [0, 0.05) is 45.8 Å². The van der Waals surface area contributed by atoms with Crippen molar-refractivity contribution in [1.82, 2.24) is 14.7 Å². The molecule has 5 nitrogen and oxygen atoms in total. The fraction of sp³-hybridized carbons (Fsp3) is 0.688. The van der Waals surface area contributed by atoms with E-state index >= 15 is 0 Å². The molecule has 0 saturated carbocycles. The molecule has 2 saturated heterocycles. The number of hydrogen-bond acceptors (Lipinski definition) is 5. The maximum Gasteiger partial charge on any atom is 0.253 e. The summed E-state index contributed by atoms with van der Waals surface area (Å²) in [5, 5.41) is 4.28. The monoisotopic (exact) mass is 323 g/mol. The Labute approximate surface area is 136 Å². The normalized spacial score (nSPS) is 24.6. The minimum absolute atomic E-state index is 0.172. The molecule has 0 N–H and O–H groups in total. The summed E-state index contributed by atoms with van der Waals surface area (Å²) in [5.74, 6) is 0.172. The second-order valence-electron chi connectivity index (χ2n) is 5.99. The highest BCUT2D eigenvalue weighted by Gasteiger charge is 2.31. The fourth-order valence-corrected chi connectivity index (χ4v) is 3.78. The zero-order valence-electron chi connectivity index (χ0n) is 13.2. The van der Waals surface area contributed by atoms with Crippen LogP contribution in [0.3, 0.4) is 0 Å². The van der Waals surface area contributed by atoms with Crippen LogP contribution in [0.25, 0.3) is 0 Å². The highest BCUT2D eigenvalue weighted by molar-refractivity contribution is 7.07. The van der Waals surface area contributed by atoms with Crippen molar-refractivity contribution >= 4 is 17.2 Å². The highest BCUT2D eigenvalue weighted by Crippen LogP contribution is 2.15. The Morgan fingerprint density at radius 2 is 2.09 bits per heavy atom. The molecule has 22 heavy (non-hydrogen) atoms. The zero-order chi connectivity index (χ0) is 15.4. The minimum atomic E-state index is -0.291. The molecular formula is C16H25N3O2S. The van der Waals surface area contributed by atoms with Gasteiger partial charge in [-0.3, -0.25) is 9.69 Å². The van der Waals surface area contributed by atoms with Gasteiger partial charge in [0.1, 0.15) is 6.10 Å². The molecule has 122 valence electrons. The van der Waals surface area contributed by atoms with Gasteiger partial charge in [0.2, 0.25) is 0 Å². The lowest BCUT2D eigenvalue weighted by atomic mass is 10.2. The molecule has 6 heteroatoms. The number of thiophene rings is 1. The third-order valence-electron chi connectivity index (χ3n) is 4.54. The number of morpholine rings is 1. The average molecular weight is 323 g/mol.